The van der Waals surface area contributed by atoms with E-state index in [2.05, 4.69) is 98.1 Å². The average Bonchev–Trinajstić information content (AvgIpc) is 3.01. The molecule has 1 fully saturated rings. The van der Waals surface area contributed by atoms with Gasteiger partial charge < -0.3 is 14.2 Å². The Kier molecular flexibility index (Phi) is 4.13. The minimum absolute atomic E-state index is 0.154. The number of hydrogen-bond donors (Lipinski definition) is 0. The van der Waals surface area contributed by atoms with Gasteiger partial charge in [-0.25, -0.2) is 0 Å². The maximum absolute atomic E-state index is 6.15. The van der Waals surface area contributed by atoms with Crippen LogP contribution in [0.3, 0.4) is 0 Å². The third kappa shape index (κ3) is 2.78. The van der Waals surface area contributed by atoms with E-state index in [0.29, 0.717) is 5.76 Å². The van der Waals surface area contributed by atoms with Gasteiger partial charge in [0.25, 0.3) is 0 Å². The quantitative estimate of drug-likeness (QED) is 0.510. The van der Waals surface area contributed by atoms with Crippen LogP contribution in [0.5, 0.6) is 0 Å². The van der Waals surface area contributed by atoms with Crippen LogP contribution in [-0.2, 0) is 14.7 Å². The minimum atomic E-state index is -0.487. The first-order chi connectivity index (χ1) is 14.3. The second kappa shape index (κ2) is 6.51. The molecule has 150 valence electrons. The Labute approximate surface area is 179 Å². The summed E-state index contributed by atoms with van der Waals surface area (Å²) in [5.74, 6) is 0.667. The van der Waals surface area contributed by atoms with Gasteiger partial charge in [0, 0.05) is 11.1 Å². The third-order valence-corrected chi connectivity index (χ3v) is 6.36. The van der Waals surface area contributed by atoms with Crippen molar-refractivity contribution in [2.45, 2.75) is 38.7 Å². The Morgan fingerprint density at radius 3 is 2.17 bits per heavy atom. The standard InChI is InChI=1S/C26H26BNO2/c1-18-26(4,5)30-27(29-18)19-15-16-24-22(17-19)25(2,3)21-13-9-10-14-23(21)28(24)20-11-7-6-8-12-20/h6-17H,1H2,2-5H3. The summed E-state index contributed by atoms with van der Waals surface area (Å²) < 4.78 is 12.1. The monoisotopic (exact) mass is 395 g/mol. The zero-order valence-corrected chi connectivity index (χ0v) is 18.0. The van der Waals surface area contributed by atoms with E-state index < -0.39 is 12.7 Å². The van der Waals surface area contributed by atoms with Crippen molar-refractivity contribution >= 4 is 29.6 Å². The highest BCUT2D eigenvalue weighted by atomic mass is 16.7. The number of hydrogen-bond acceptors (Lipinski definition) is 3. The molecule has 3 aromatic rings. The van der Waals surface area contributed by atoms with Crippen LogP contribution in [-0.4, -0.2) is 12.7 Å². The Hall–Kier alpha value is -2.98. The topological polar surface area (TPSA) is 21.7 Å². The normalized spacial score (nSPS) is 18.6. The van der Waals surface area contributed by atoms with E-state index in [0.717, 1.165) is 11.2 Å². The minimum Gasteiger partial charge on any atom is -0.534 e. The summed E-state index contributed by atoms with van der Waals surface area (Å²) in [7, 11) is -0.434. The van der Waals surface area contributed by atoms with Gasteiger partial charge in [0.05, 0.1) is 17.1 Å². The molecule has 5 rings (SSSR count). The zero-order chi connectivity index (χ0) is 21.1. The summed E-state index contributed by atoms with van der Waals surface area (Å²) in [6, 6.07) is 25.7. The SMILES string of the molecule is C=C1OB(c2ccc3c(c2)C(C)(C)c2ccccc2N3c2ccccc2)OC1(C)C. The molecule has 0 spiro atoms. The molecule has 3 aromatic carbocycles. The highest BCUT2D eigenvalue weighted by Gasteiger charge is 2.44. The highest BCUT2D eigenvalue weighted by molar-refractivity contribution is 6.62. The van der Waals surface area contributed by atoms with Gasteiger partial charge in [-0.1, -0.05) is 69.0 Å². The Balaban J connectivity index is 1.68. The van der Waals surface area contributed by atoms with E-state index >= 15 is 0 Å². The number of fused-ring (bicyclic) bond motifs is 2. The molecule has 0 unspecified atom stereocenters. The maximum atomic E-state index is 6.15. The lowest BCUT2D eigenvalue weighted by atomic mass is 9.69. The first-order valence-corrected chi connectivity index (χ1v) is 10.4. The lowest BCUT2D eigenvalue weighted by Crippen LogP contribution is -2.37. The second-order valence-electron chi connectivity index (χ2n) is 9.09. The number of anilines is 3. The van der Waals surface area contributed by atoms with Crippen LogP contribution < -0.4 is 10.4 Å². The molecule has 2 heterocycles. The molecule has 0 N–H and O–H groups in total. The van der Waals surface area contributed by atoms with Crippen molar-refractivity contribution in [1.82, 2.24) is 0 Å². The van der Waals surface area contributed by atoms with Crippen molar-refractivity contribution in [3.8, 4) is 0 Å². The molecule has 0 atom stereocenters. The van der Waals surface area contributed by atoms with Crippen molar-refractivity contribution in [3.63, 3.8) is 0 Å². The molecule has 0 radical (unpaired) electrons. The van der Waals surface area contributed by atoms with Crippen LogP contribution in [0.2, 0.25) is 0 Å². The molecule has 2 aliphatic heterocycles. The summed E-state index contributed by atoms with van der Waals surface area (Å²) >= 11 is 0. The molecular weight excluding hydrogens is 369 g/mol. The number of para-hydroxylation sites is 2. The fourth-order valence-electron chi connectivity index (χ4n) is 4.49. The van der Waals surface area contributed by atoms with Gasteiger partial charge in [-0.3, -0.25) is 0 Å². The first-order valence-electron chi connectivity index (χ1n) is 10.4. The smallest absolute Gasteiger partial charge is 0.534 e. The molecule has 4 heteroatoms. The van der Waals surface area contributed by atoms with Gasteiger partial charge in [-0.2, -0.15) is 0 Å². The van der Waals surface area contributed by atoms with Crippen molar-refractivity contribution < 1.29 is 9.31 Å². The Morgan fingerprint density at radius 1 is 0.800 bits per heavy atom. The Morgan fingerprint density at radius 2 is 1.47 bits per heavy atom. The fourth-order valence-corrected chi connectivity index (χ4v) is 4.49. The summed E-state index contributed by atoms with van der Waals surface area (Å²) in [4.78, 5) is 2.35. The summed E-state index contributed by atoms with van der Waals surface area (Å²) in [6.07, 6.45) is 0. The molecule has 0 aromatic heterocycles. The highest BCUT2D eigenvalue weighted by Crippen LogP contribution is 2.51. The third-order valence-electron chi connectivity index (χ3n) is 6.36. The predicted molar refractivity (Wildman–Crippen MR) is 124 cm³/mol. The summed E-state index contributed by atoms with van der Waals surface area (Å²) in [6.45, 7) is 12.6. The molecule has 2 aliphatic rings. The zero-order valence-electron chi connectivity index (χ0n) is 18.0. The van der Waals surface area contributed by atoms with Gasteiger partial charge in [0.15, 0.2) is 0 Å². The van der Waals surface area contributed by atoms with Gasteiger partial charge in [0.1, 0.15) is 5.60 Å². The molecule has 0 saturated carbocycles. The molecule has 1 saturated heterocycles. The number of rotatable bonds is 2. The van der Waals surface area contributed by atoms with Crippen molar-refractivity contribution in [2.24, 2.45) is 0 Å². The largest absolute Gasteiger partial charge is 0.563 e. The van der Waals surface area contributed by atoms with E-state index in [1.165, 1.54) is 22.5 Å². The van der Waals surface area contributed by atoms with Crippen LogP contribution in [0.1, 0.15) is 38.8 Å². The summed E-state index contributed by atoms with van der Waals surface area (Å²) in [5, 5.41) is 0. The van der Waals surface area contributed by atoms with Crippen molar-refractivity contribution in [3.05, 3.63) is 96.3 Å². The lowest BCUT2D eigenvalue weighted by Gasteiger charge is -2.42. The molecule has 30 heavy (non-hydrogen) atoms. The van der Waals surface area contributed by atoms with Gasteiger partial charge in [-0.05, 0) is 54.7 Å². The second-order valence-corrected chi connectivity index (χ2v) is 9.09. The van der Waals surface area contributed by atoms with Crippen molar-refractivity contribution in [2.75, 3.05) is 4.90 Å². The maximum Gasteiger partial charge on any atom is 0.563 e. The van der Waals surface area contributed by atoms with Gasteiger partial charge in [0.2, 0.25) is 0 Å². The molecular formula is C26H26BNO2. The first kappa shape index (κ1) is 19.0. The number of benzene rings is 3. The van der Waals surface area contributed by atoms with Crippen LogP contribution in [0.4, 0.5) is 17.1 Å². The van der Waals surface area contributed by atoms with Gasteiger partial charge >= 0.3 is 7.12 Å². The van der Waals surface area contributed by atoms with Gasteiger partial charge in [-0.15, -0.1) is 0 Å². The fraction of sp³-hybridized carbons (Fsp3) is 0.231. The predicted octanol–water partition coefficient (Wildman–Crippen LogP) is 5.83. The van der Waals surface area contributed by atoms with Crippen LogP contribution in [0.25, 0.3) is 0 Å². The van der Waals surface area contributed by atoms with E-state index in [4.69, 9.17) is 9.31 Å². The molecule has 0 bridgehead atoms. The molecule has 0 amide bonds. The van der Waals surface area contributed by atoms with E-state index in [1.54, 1.807) is 0 Å². The van der Waals surface area contributed by atoms with Crippen LogP contribution in [0.15, 0.2) is 85.1 Å². The molecule has 0 aliphatic carbocycles. The lowest BCUT2D eigenvalue weighted by molar-refractivity contribution is 0.173. The molecule has 3 nitrogen and oxygen atoms in total. The summed E-state index contributed by atoms with van der Waals surface area (Å²) in [5.41, 5.74) is 6.48. The van der Waals surface area contributed by atoms with Crippen molar-refractivity contribution in [1.29, 1.82) is 0 Å². The average molecular weight is 395 g/mol. The van der Waals surface area contributed by atoms with Crippen LogP contribution in [0, 0.1) is 0 Å². The van der Waals surface area contributed by atoms with E-state index in [1.807, 2.05) is 13.8 Å². The number of nitrogens with zero attached hydrogens (tertiary/aromatic N) is 1. The van der Waals surface area contributed by atoms with E-state index in [9.17, 15) is 0 Å². The van der Waals surface area contributed by atoms with Crippen LogP contribution >= 0.6 is 0 Å². The Bertz CT molecular complexity index is 1140. The van der Waals surface area contributed by atoms with E-state index in [-0.39, 0.29) is 5.41 Å².